The number of hydrogen-bond acceptors (Lipinski definition) is 3. The van der Waals surface area contributed by atoms with E-state index in [9.17, 15) is 4.79 Å². The minimum absolute atomic E-state index is 0.0548. The average Bonchev–Trinajstić information content (AvgIpc) is 3.44. The molecular formula is C22H42O3. The summed E-state index contributed by atoms with van der Waals surface area (Å²) in [5.74, 6) is 0.746. The number of unbranched alkanes of at least 4 members (excludes halogenated alkanes) is 11. The predicted octanol–water partition coefficient (Wildman–Crippen LogP) is 6.44. The third kappa shape index (κ3) is 16.6. The Morgan fingerprint density at radius 3 is 1.88 bits per heavy atom. The molecule has 0 spiro atoms. The van der Waals surface area contributed by atoms with Crippen LogP contribution in [0.1, 0.15) is 110 Å². The topological polar surface area (TPSA) is 35.5 Å². The van der Waals surface area contributed by atoms with Crippen molar-refractivity contribution < 1.29 is 14.3 Å². The van der Waals surface area contributed by atoms with Crippen LogP contribution in [0.3, 0.4) is 0 Å². The smallest absolute Gasteiger partial charge is 0.305 e. The minimum Gasteiger partial charge on any atom is -0.463 e. The van der Waals surface area contributed by atoms with E-state index in [1.165, 1.54) is 83.5 Å². The SMILES string of the molecule is CCCCCCCCCCCCCCOCCOC(=O)CCC1CC1. The second kappa shape index (κ2) is 16.9. The molecule has 0 radical (unpaired) electrons. The van der Waals surface area contributed by atoms with E-state index in [1.807, 2.05) is 0 Å². The zero-order valence-electron chi connectivity index (χ0n) is 16.7. The van der Waals surface area contributed by atoms with Crippen molar-refractivity contribution in [3.63, 3.8) is 0 Å². The summed E-state index contributed by atoms with van der Waals surface area (Å²) in [6.07, 6.45) is 20.6. The molecule has 0 bridgehead atoms. The Labute approximate surface area is 156 Å². The van der Waals surface area contributed by atoms with E-state index in [4.69, 9.17) is 9.47 Å². The van der Waals surface area contributed by atoms with Crippen LogP contribution in [-0.4, -0.2) is 25.8 Å². The molecule has 1 aliphatic carbocycles. The fourth-order valence-electron chi connectivity index (χ4n) is 3.16. The summed E-state index contributed by atoms with van der Waals surface area (Å²) >= 11 is 0. The lowest BCUT2D eigenvalue weighted by molar-refractivity contribution is -0.145. The van der Waals surface area contributed by atoms with Crippen LogP contribution >= 0.6 is 0 Å². The largest absolute Gasteiger partial charge is 0.463 e. The van der Waals surface area contributed by atoms with Crippen LogP contribution in [0.2, 0.25) is 0 Å². The maximum Gasteiger partial charge on any atom is 0.305 e. The van der Waals surface area contributed by atoms with Gasteiger partial charge in [-0.05, 0) is 18.8 Å². The van der Waals surface area contributed by atoms with Crippen LogP contribution in [0.25, 0.3) is 0 Å². The molecule has 1 rings (SSSR count). The zero-order chi connectivity index (χ0) is 18.0. The molecule has 1 fully saturated rings. The molecule has 0 aromatic rings. The second-order valence-electron chi connectivity index (χ2n) is 7.70. The van der Waals surface area contributed by atoms with Crippen LogP contribution in [-0.2, 0) is 14.3 Å². The summed E-state index contributed by atoms with van der Waals surface area (Å²) in [5, 5.41) is 0. The molecular weight excluding hydrogens is 312 g/mol. The summed E-state index contributed by atoms with van der Waals surface area (Å²) in [5.41, 5.74) is 0. The van der Waals surface area contributed by atoms with Crippen LogP contribution in [0, 0.1) is 5.92 Å². The van der Waals surface area contributed by atoms with Crippen LogP contribution in [0.15, 0.2) is 0 Å². The molecule has 0 atom stereocenters. The average molecular weight is 355 g/mol. The van der Waals surface area contributed by atoms with E-state index in [-0.39, 0.29) is 5.97 Å². The maximum atomic E-state index is 11.4. The first kappa shape index (κ1) is 22.5. The van der Waals surface area contributed by atoms with E-state index >= 15 is 0 Å². The van der Waals surface area contributed by atoms with Crippen molar-refractivity contribution in [1.82, 2.24) is 0 Å². The van der Waals surface area contributed by atoms with E-state index in [0.717, 1.165) is 25.4 Å². The first-order valence-electron chi connectivity index (χ1n) is 11.1. The Morgan fingerprint density at radius 2 is 1.32 bits per heavy atom. The lowest BCUT2D eigenvalue weighted by Gasteiger charge is -2.06. The van der Waals surface area contributed by atoms with Gasteiger partial charge < -0.3 is 9.47 Å². The number of hydrogen-bond donors (Lipinski definition) is 0. The van der Waals surface area contributed by atoms with Crippen molar-refractivity contribution in [2.45, 2.75) is 110 Å². The zero-order valence-corrected chi connectivity index (χ0v) is 16.7. The molecule has 0 unspecified atom stereocenters. The van der Waals surface area contributed by atoms with Gasteiger partial charge in [-0.3, -0.25) is 4.79 Å². The monoisotopic (exact) mass is 354 g/mol. The number of carbonyl (C=O) groups is 1. The highest BCUT2D eigenvalue weighted by Gasteiger charge is 2.22. The van der Waals surface area contributed by atoms with Gasteiger partial charge in [0.15, 0.2) is 0 Å². The molecule has 0 heterocycles. The molecule has 1 saturated carbocycles. The predicted molar refractivity (Wildman–Crippen MR) is 105 cm³/mol. The Morgan fingerprint density at radius 1 is 0.760 bits per heavy atom. The standard InChI is InChI=1S/C22H42O3/c1-2-3-4-5-6-7-8-9-10-11-12-13-18-24-19-20-25-22(23)17-16-21-14-15-21/h21H,2-20H2,1H3. The van der Waals surface area contributed by atoms with Gasteiger partial charge in [-0.1, -0.05) is 90.4 Å². The normalized spacial score (nSPS) is 14.0. The molecule has 25 heavy (non-hydrogen) atoms. The Balaban J connectivity index is 1.65. The van der Waals surface area contributed by atoms with Gasteiger partial charge in [0.2, 0.25) is 0 Å². The summed E-state index contributed by atoms with van der Waals surface area (Å²) < 4.78 is 10.7. The number of esters is 1. The molecule has 3 nitrogen and oxygen atoms in total. The molecule has 0 saturated heterocycles. The molecule has 0 aliphatic heterocycles. The maximum absolute atomic E-state index is 11.4. The summed E-state index contributed by atoms with van der Waals surface area (Å²) in [6, 6.07) is 0. The number of ether oxygens (including phenoxy) is 2. The van der Waals surface area contributed by atoms with Crippen molar-refractivity contribution >= 4 is 5.97 Å². The van der Waals surface area contributed by atoms with Gasteiger partial charge >= 0.3 is 5.97 Å². The molecule has 1 aliphatic rings. The quantitative estimate of drug-likeness (QED) is 0.198. The van der Waals surface area contributed by atoms with Crippen LogP contribution in [0.5, 0.6) is 0 Å². The Hall–Kier alpha value is -0.570. The van der Waals surface area contributed by atoms with Crippen molar-refractivity contribution in [3.8, 4) is 0 Å². The summed E-state index contributed by atoms with van der Waals surface area (Å²) in [6.45, 7) is 4.04. The molecule has 148 valence electrons. The van der Waals surface area contributed by atoms with Crippen molar-refractivity contribution in [1.29, 1.82) is 0 Å². The molecule has 0 amide bonds. The Kier molecular flexibility index (Phi) is 15.2. The first-order valence-corrected chi connectivity index (χ1v) is 11.1. The van der Waals surface area contributed by atoms with Gasteiger partial charge in [0.05, 0.1) is 6.61 Å². The van der Waals surface area contributed by atoms with Crippen molar-refractivity contribution in [2.75, 3.05) is 19.8 Å². The van der Waals surface area contributed by atoms with E-state index in [1.54, 1.807) is 0 Å². The lowest BCUT2D eigenvalue weighted by Crippen LogP contribution is -2.11. The highest BCUT2D eigenvalue weighted by atomic mass is 16.6. The highest BCUT2D eigenvalue weighted by molar-refractivity contribution is 5.69. The summed E-state index contributed by atoms with van der Waals surface area (Å²) in [7, 11) is 0. The highest BCUT2D eigenvalue weighted by Crippen LogP contribution is 2.33. The van der Waals surface area contributed by atoms with E-state index in [0.29, 0.717) is 19.6 Å². The summed E-state index contributed by atoms with van der Waals surface area (Å²) in [4.78, 5) is 11.4. The van der Waals surface area contributed by atoms with Gasteiger partial charge in [-0.2, -0.15) is 0 Å². The van der Waals surface area contributed by atoms with Crippen molar-refractivity contribution in [3.05, 3.63) is 0 Å². The van der Waals surface area contributed by atoms with Gasteiger partial charge in [0.25, 0.3) is 0 Å². The molecule has 0 N–H and O–H groups in total. The Bertz CT molecular complexity index is 300. The molecule has 0 aromatic carbocycles. The van der Waals surface area contributed by atoms with Gasteiger partial charge in [0, 0.05) is 13.0 Å². The van der Waals surface area contributed by atoms with Crippen molar-refractivity contribution in [2.24, 2.45) is 5.92 Å². The molecule has 0 aromatic heterocycles. The van der Waals surface area contributed by atoms with Gasteiger partial charge in [0.1, 0.15) is 6.61 Å². The van der Waals surface area contributed by atoms with Gasteiger partial charge in [-0.15, -0.1) is 0 Å². The fraction of sp³-hybridized carbons (Fsp3) is 0.955. The van der Waals surface area contributed by atoms with E-state index < -0.39 is 0 Å². The molecule has 3 heteroatoms. The van der Waals surface area contributed by atoms with Crippen LogP contribution in [0.4, 0.5) is 0 Å². The first-order chi connectivity index (χ1) is 12.3. The number of rotatable bonds is 19. The number of carbonyl (C=O) groups excluding carboxylic acids is 1. The third-order valence-electron chi connectivity index (χ3n) is 5.09. The fourth-order valence-corrected chi connectivity index (χ4v) is 3.16. The minimum atomic E-state index is -0.0548. The van der Waals surface area contributed by atoms with Gasteiger partial charge in [-0.25, -0.2) is 0 Å². The third-order valence-corrected chi connectivity index (χ3v) is 5.09. The lowest BCUT2D eigenvalue weighted by atomic mass is 10.1. The van der Waals surface area contributed by atoms with E-state index in [2.05, 4.69) is 6.92 Å². The van der Waals surface area contributed by atoms with Crippen LogP contribution < -0.4 is 0 Å². The second-order valence-corrected chi connectivity index (χ2v) is 7.70.